The number of aliphatic hydroxyl groups is 1. The summed E-state index contributed by atoms with van der Waals surface area (Å²) >= 11 is 0. The van der Waals surface area contributed by atoms with Crippen LogP contribution in [-0.2, 0) is 19.1 Å². The molecular formula is C41H81NO5. The minimum absolute atomic E-state index is 0.00522. The van der Waals surface area contributed by atoms with Crippen molar-refractivity contribution in [1.29, 1.82) is 0 Å². The number of unbranched alkanes of at least 4 members (excludes halogenated alkanes) is 16. The molecule has 0 spiro atoms. The summed E-state index contributed by atoms with van der Waals surface area (Å²) in [5.41, 5.74) is 0. The van der Waals surface area contributed by atoms with E-state index in [1.807, 2.05) is 6.92 Å². The normalized spacial score (nSPS) is 12.2. The molecule has 0 bridgehead atoms. The van der Waals surface area contributed by atoms with Gasteiger partial charge in [0, 0.05) is 13.0 Å². The van der Waals surface area contributed by atoms with Crippen molar-refractivity contribution in [3.63, 3.8) is 0 Å². The van der Waals surface area contributed by atoms with Gasteiger partial charge in [-0.15, -0.1) is 0 Å². The Labute approximate surface area is 292 Å². The van der Waals surface area contributed by atoms with E-state index in [2.05, 4.69) is 25.7 Å². The topological polar surface area (TPSA) is 76.1 Å². The average Bonchev–Trinajstić information content (AvgIpc) is 3.07. The third-order valence-corrected chi connectivity index (χ3v) is 9.73. The van der Waals surface area contributed by atoms with Gasteiger partial charge in [0.25, 0.3) is 0 Å². The standard InChI is InChI=1S/C41H81NO5/c1-5-8-11-12-13-19-25-37-47-41(45)38(4)27-20-16-18-24-33-42(34-35-43)32-23-17-14-15-21-31-40(44)46-36-26-22-30-39(28-9-6-2)29-10-7-3/h38-39,43H,5-37H2,1-4H3. The maximum absolute atomic E-state index is 12.3. The van der Waals surface area contributed by atoms with Gasteiger partial charge >= 0.3 is 11.9 Å². The smallest absolute Gasteiger partial charge is 0.308 e. The summed E-state index contributed by atoms with van der Waals surface area (Å²) in [6.45, 7) is 13.0. The number of rotatable bonds is 37. The third-order valence-electron chi connectivity index (χ3n) is 9.73. The van der Waals surface area contributed by atoms with Crippen LogP contribution in [0, 0.1) is 11.8 Å². The highest BCUT2D eigenvalue weighted by atomic mass is 16.5. The Kier molecular flexibility index (Phi) is 35.3. The minimum Gasteiger partial charge on any atom is -0.466 e. The quantitative estimate of drug-likeness (QED) is 0.0525. The van der Waals surface area contributed by atoms with Crippen LogP contribution in [0.1, 0.15) is 201 Å². The number of carbonyl (C=O) groups is 2. The number of nitrogens with zero attached hydrogens (tertiary/aromatic N) is 1. The molecule has 0 saturated carbocycles. The molecule has 0 saturated heterocycles. The summed E-state index contributed by atoms with van der Waals surface area (Å²) in [7, 11) is 0. The predicted octanol–water partition coefficient (Wildman–Crippen LogP) is 11.2. The van der Waals surface area contributed by atoms with Crippen molar-refractivity contribution in [3.05, 3.63) is 0 Å². The van der Waals surface area contributed by atoms with Crippen LogP contribution < -0.4 is 0 Å². The van der Waals surface area contributed by atoms with Crippen LogP contribution in [0.5, 0.6) is 0 Å². The van der Waals surface area contributed by atoms with E-state index in [9.17, 15) is 14.7 Å². The molecule has 0 fully saturated rings. The van der Waals surface area contributed by atoms with Gasteiger partial charge in [0.15, 0.2) is 0 Å². The Bertz CT molecular complexity index is 664. The molecule has 0 amide bonds. The average molecular weight is 668 g/mol. The Morgan fingerprint density at radius 3 is 1.62 bits per heavy atom. The molecule has 1 N–H and O–H groups in total. The van der Waals surface area contributed by atoms with Crippen molar-refractivity contribution in [2.45, 2.75) is 201 Å². The molecule has 0 radical (unpaired) electrons. The van der Waals surface area contributed by atoms with Gasteiger partial charge in [0.1, 0.15) is 0 Å². The molecule has 280 valence electrons. The summed E-state index contributed by atoms with van der Waals surface area (Å²) in [5, 5.41) is 9.50. The lowest BCUT2D eigenvalue weighted by molar-refractivity contribution is -0.148. The van der Waals surface area contributed by atoms with Gasteiger partial charge in [-0.2, -0.15) is 0 Å². The molecule has 0 aliphatic heterocycles. The Morgan fingerprint density at radius 1 is 0.532 bits per heavy atom. The first-order valence-electron chi connectivity index (χ1n) is 20.6. The first kappa shape index (κ1) is 45.9. The highest BCUT2D eigenvalue weighted by Crippen LogP contribution is 2.22. The number of carbonyl (C=O) groups excluding carboxylic acids is 2. The molecule has 6 nitrogen and oxygen atoms in total. The summed E-state index contributed by atoms with van der Waals surface area (Å²) in [4.78, 5) is 26.8. The predicted molar refractivity (Wildman–Crippen MR) is 200 cm³/mol. The molecule has 1 atom stereocenters. The van der Waals surface area contributed by atoms with Crippen molar-refractivity contribution in [1.82, 2.24) is 4.90 Å². The molecule has 0 aromatic rings. The van der Waals surface area contributed by atoms with Crippen LogP contribution in [0.15, 0.2) is 0 Å². The zero-order valence-corrected chi connectivity index (χ0v) is 32.0. The monoisotopic (exact) mass is 668 g/mol. The Morgan fingerprint density at radius 2 is 1.00 bits per heavy atom. The fraction of sp³-hybridized carbons (Fsp3) is 0.951. The minimum atomic E-state index is -0.0282. The second kappa shape index (κ2) is 36.1. The first-order valence-corrected chi connectivity index (χ1v) is 20.6. The van der Waals surface area contributed by atoms with Crippen molar-refractivity contribution < 1.29 is 24.2 Å². The summed E-state index contributed by atoms with van der Waals surface area (Å²) in [5.74, 6) is 0.796. The second-order valence-corrected chi connectivity index (χ2v) is 14.3. The fourth-order valence-electron chi connectivity index (χ4n) is 6.46. The van der Waals surface area contributed by atoms with Gasteiger partial charge in [-0.05, 0) is 64.0 Å². The van der Waals surface area contributed by atoms with E-state index in [0.717, 1.165) is 103 Å². The van der Waals surface area contributed by atoms with Gasteiger partial charge in [-0.3, -0.25) is 9.59 Å². The molecule has 0 rings (SSSR count). The van der Waals surface area contributed by atoms with Crippen LogP contribution >= 0.6 is 0 Å². The van der Waals surface area contributed by atoms with Crippen LogP contribution in [0.3, 0.4) is 0 Å². The van der Waals surface area contributed by atoms with Crippen LogP contribution in [0.2, 0.25) is 0 Å². The number of esters is 2. The summed E-state index contributed by atoms with van der Waals surface area (Å²) < 4.78 is 11.0. The SMILES string of the molecule is CCCCCCCCCOC(=O)C(C)CCCCCCN(CCO)CCCCCCCC(=O)OCCCCC(CCCC)CCCC. The molecule has 47 heavy (non-hydrogen) atoms. The number of aliphatic hydroxyl groups excluding tert-OH is 1. The molecular weight excluding hydrogens is 586 g/mol. The van der Waals surface area contributed by atoms with E-state index in [-0.39, 0.29) is 24.5 Å². The number of ether oxygens (including phenoxy) is 2. The molecule has 0 heterocycles. The van der Waals surface area contributed by atoms with E-state index in [1.165, 1.54) is 89.9 Å². The van der Waals surface area contributed by atoms with Crippen molar-refractivity contribution >= 4 is 11.9 Å². The Hall–Kier alpha value is -1.14. The van der Waals surface area contributed by atoms with E-state index in [1.54, 1.807) is 0 Å². The lowest BCUT2D eigenvalue weighted by atomic mass is 9.91. The Balaban J connectivity index is 3.74. The highest BCUT2D eigenvalue weighted by molar-refractivity contribution is 5.71. The lowest BCUT2D eigenvalue weighted by Gasteiger charge is -2.21. The van der Waals surface area contributed by atoms with E-state index < -0.39 is 0 Å². The van der Waals surface area contributed by atoms with E-state index in [0.29, 0.717) is 19.6 Å². The molecule has 0 aromatic carbocycles. The number of hydrogen-bond acceptors (Lipinski definition) is 6. The maximum Gasteiger partial charge on any atom is 0.308 e. The van der Waals surface area contributed by atoms with Gasteiger partial charge < -0.3 is 19.5 Å². The van der Waals surface area contributed by atoms with Gasteiger partial charge in [0.05, 0.1) is 25.7 Å². The third kappa shape index (κ3) is 31.9. The van der Waals surface area contributed by atoms with Gasteiger partial charge in [-0.1, -0.05) is 150 Å². The molecule has 0 aliphatic carbocycles. The first-order chi connectivity index (χ1) is 23.0. The van der Waals surface area contributed by atoms with Gasteiger partial charge in [0.2, 0.25) is 0 Å². The zero-order chi connectivity index (χ0) is 34.6. The molecule has 6 heteroatoms. The maximum atomic E-state index is 12.3. The lowest BCUT2D eigenvalue weighted by Crippen LogP contribution is -2.29. The van der Waals surface area contributed by atoms with Crippen molar-refractivity contribution in [3.8, 4) is 0 Å². The number of hydrogen-bond donors (Lipinski definition) is 1. The summed E-state index contributed by atoms with van der Waals surface area (Å²) in [6, 6.07) is 0. The van der Waals surface area contributed by atoms with Crippen molar-refractivity contribution in [2.75, 3.05) is 39.5 Å². The highest BCUT2D eigenvalue weighted by Gasteiger charge is 2.14. The van der Waals surface area contributed by atoms with Gasteiger partial charge in [-0.25, -0.2) is 0 Å². The largest absolute Gasteiger partial charge is 0.466 e. The van der Waals surface area contributed by atoms with E-state index in [4.69, 9.17) is 9.47 Å². The molecule has 1 unspecified atom stereocenters. The molecule has 0 aromatic heterocycles. The second-order valence-electron chi connectivity index (χ2n) is 14.3. The fourth-order valence-corrected chi connectivity index (χ4v) is 6.46. The summed E-state index contributed by atoms with van der Waals surface area (Å²) in [6.07, 6.45) is 31.5. The molecule has 0 aliphatic rings. The zero-order valence-electron chi connectivity index (χ0n) is 32.0. The van der Waals surface area contributed by atoms with E-state index >= 15 is 0 Å². The van der Waals surface area contributed by atoms with Crippen LogP contribution in [0.4, 0.5) is 0 Å². The van der Waals surface area contributed by atoms with Crippen molar-refractivity contribution in [2.24, 2.45) is 11.8 Å². The van der Waals surface area contributed by atoms with Crippen LogP contribution in [-0.4, -0.2) is 61.4 Å². The van der Waals surface area contributed by atoms with Crippen LogP contribution in [0.25, 0.3) is 0 Å².